The topological polar surface area (TPSA) is 164 Å². The van der Waals surface area contributed by atoms with E-state index in [0.29, 0.717) is 16.1 Å². The second-order valence-electron chi connectivity index (χ2n) is 6.38. The largest absolute Gasteiger partial charge is 0.394 e. The molecule has 11 nitrogen and oxygen atoms in total. The summed E-state index contributed by atoms with van der Waals surface area (Å²) in [6, 6.07) is 7.17. The molecule has 4 atom stereocenters. The summed E-state index contributed by atoms with van der Waals surface area (Å²) in [6.45, 7) is -0.442. The molecule has 29 heavy (non-hydrogen) atoms. The molecule has 0 saturated carbocycles. The van der Waals surface area contributed by atoms with E-state index >= 15 is 0 Å². The van der Waals surface area contributed by atoms with Gasteiger partial charge in [0.1, 0.15) is 23.8 Å². The summed E-state index contributed by atoms with van der Waals surface area (Å²) in [6.07, 6.45) is -1.58. The molecular weight excluding hydrogens is 402 g/mol. The molecule has 12 heteroatoms. The zero-order chi connectivity index (χ0) is 20.5. The minimum absolute atomic E-state index is 0.0896. The summed E-state index contributed by atoms with van der Waals surface area (Å²) >= 11 is 6.08. The Balaban J connectivity index is 1.63. The van der Waals surface area contributed by atoms with Crippen LogP contribution in [-0.2, 0) is 4.74 Å². The van der Waals surface area contributed by atoms with E-state index in [2.05, 4.69) is 25.5 Å². The summed E-state index contributed by atoms with van der Waals surface area (Å²) in [5.74, 6) is 0.183. The molecule has 0 amide bonds. The standard InChI is InChI=1S/C17H18ClN7O4/c18-9-4-2-1-3-8(9)5-21-24-17-22-14(19)11-15(23-17)25(7-20-11)16-13(28)12(27)10(6-26)29-16/h1-5,7,10,12-13,16,26-28H,6H2,(H3,19,22,23,24)/b21-5+. The average Bonchev–Trinajstić information content (AvgIpc) is 3.25. The number of rotatable bonds is 5. The number of halogens is 1. The van der Waals surface area contributed by atoms with E-state index < -0.39 is 31.1 Å². The maximum atomic E-state index is 10.3. The Hall–Kier alpha value is -2.83. The maximum Gasteiger partial charge on any atom is 0.247 e. The first-order chi connectivity index (χ1) is 14.0. The van der Waals surface area contributed by atoms with Crippen LogP contribution in [0.5, 0.6) is 0 Å². The van der Waals surface area contributed by atoms with Crippen LogP contribution in [0.2, 0.25) is 5.02 Å². The number of nitrogens with one attached hydrogen (secondary N) is 1. The van der Waals surface area contributed by atoms with Gasteiger partial charge in [0.05, 0.1) is 19.1 Å². The number of hydrogen-bond acceptors (Lipinski definition) is 10. The van der Waals surface area contributed by atoms with Crippen LogP contribution in [0, 0.1) is 0 Å². The SMILES string of the molecule is Nc1nc(N/N=C/c2ccccc2Cl)nc2c1ncn2C1OC(CO)C(O)C1O. The Morgan fingerprint density at radius 3 is 2.79 bits per heavy atom. The average molecular weight is 420 g/mol. The third kappa shape index (κ3) is 3.61. The Morgan fingerprint density at radius 1 is 1.28 bits per heavy atom. The van der Waals surface area contributed by atoms with E-state index in [9.17, 15) is 15.3 Å². The molecule has 152 valence electrons. The molecule has 0 radical (unpaired) electrons. The molecule has 6 N–H and O–H groups in total. The lowest BCUT2D eigenvalue weighted by Crippen LogP contribution is -2.33. The molecule has 0 spiro atoms. The van der Waals surface area contributed by atoms with Crippen LogP contribution in [-0.4, -0.2) is 66.0 Å². The number of nitrogens with two attached hydrogens (primary N) is 1. The minimum Gasteiger partial charge on any atom is -0.394 e. The second kappa shape index (κ2) is 7.89. The highest BCUT2D eigenvalue weighted by atomic mass is 35.5. The number of anilines is 2. The van der Waals surface area contributed by atoms with Gasteiger partial charge in [-0.15, -0.1) is 0 Å². The summed E-state index contributed by atoms with van der Waals surface area (Å²) in [5, 5.41) is 34.1. The normalized spacial score (nSPS) is 24.6. The fraction of sp³-hybridized carbons (Fsp3) is 0.294. The van der Waals surface area contributed by atoms with Crippen LogP contribution in [0.15, 0.2) is 35.7 Å². The van der Waals surface area contributed by atoms with Gasteiger partial charge >= 0.3 is 0 Å². The van der Waals surface area contributed by atoms with Crippen molar-refractivity contribution in [2.45, 2.75) is 24.5 Å². The molecule has 1 saturated heterocycles. The van der Waals surface area contributed by atoms with E-state index in [-0.39, 0.29) is 17.4 Å². The third-order valence-electron chi connectivity index (χ3n) is 4.51. The molecule has 0 aliphatic carbocycles. The van der Waals surface area contributed by atoms with Crippen molar-refractivity contribution in [2.24, 2.45) is 5.10 Å². The van der Waals surface area contributed by atoms with Crippen molar-refractivity contribution in [2.75, 3.05) is 17.8 Å². The summed E-state index contributed by atoms with van der Waals surface area (Å²) in [4.78, 5) is 12.6. The maximum absolute atomic E-state index is 10.3. The van der Waals surface area contributed by atoms with Gasteiger partial charge in [-0.05, 0) is 6.07 Å². The Morgan fingerprint density at radius 2 is 2.07 bits per heavy atom. The Labute approximate surface area is 169 Å². The van der Waals surface area contributed by atoms with Gasteiger partial charge in [0.25, 0.3) is 0 Å². The van der Waals surface area contributed by atoms with Crippen molar-refractivity contribution in [3.05, 3.63) is 41.2 Å². The van der Waals surface area contributed by atoms with Crippen LogP contribution in [0.3, 0.4) is 0 Å². The predicted molar refractivity (Wildman–Crippen MR) is 105 cm³/mol. The number of nitrogen functional groups attached to an aromatic ring is 1. The highest BCUT2D eigenvalue weighted by molar-refractivity contribution is 6.33. The molecule has 1 fully saturated rings. The highest BCUT2D eigenvalue weighted by Crippen LogP contribution is 2.32. The monoisotopic (exact) mass is 419 g/mol. The van der Waals surface area contributed by atoms with Crippen LogP contribution in [0.4, 0.5) is 11.8 Å². The van der Waals surface area contributed by atoms with Crippen LogP contribution in [0.1, 0.15) is 11.8 Å². The van der Waals surface area contributed by atoms with Gasteiger partial charge in [0.2, 0.25) is 5.95 Å². The predicted octanol–water partition coefficient (Wildman–Crippen LogP) is 0.119. The van der Waals surface area contributed by atoms with Crippen molar-refractivity contribution in [3.8, 4) is 0 Å². The van der Waals surface area contributed by atoms with E-state index in [1.807, 2.05) is 12.1 Å². The van der Waals surface area contributed by atoms with Crippen molar-refractivity contribution in [3.63, 3.8) is 0 Å². The van der Waals surface area contributed by atoms with E-state index in [4.69, 9.17) is 22.1 Å². The first-order valence-electron chi connectivity index (χ1n) is 8.65. The van der Waals surface area contributed by atoms with E-state index in [0.717, 1.165) is 0 Å². The lowest BCUT2D eigenvalue weighted by atomic mass is 10.1. The Kier molecular flexibility index (Phi) is 5.30. The fourth-order valence-electron chi connectivity index (χ4n) is 3.02. The molecule has 0 bridgehead atoms. The van der Waals surface area contributed by atoms with Gasteiger partial charge in [-0.3, -0.25) is 4.57 Å². The second-order valence-corrected chi connectivity index (χ2v) is 6.78. The Bertz CT molecular complexity index is 1060. The van der Waals surface area contributed by atoms with Gasteiger partial charge in [-0.25, -0.2) is 10.4 Å². The van der Waals surface area contributed by atoms with Gasteiger partial charge in [0, 0.05) is 10.6 Å². The minimum atomic E-state index is -1.28. The van der Waals surface area contributed by atoms with Gasteiger partial charge < -0.3 is 25.8 Å². The third-order valence-corrected chi connectivity index (χ3v) is 4.86. The summed E-state index contributed by atoms with van der Waals surface area (Å²) in [7, 11) is 0. The van der Waals surface area contributed by atoms with Crippen LogP contribution < -0.4 is 11.2 Å². The van der Waals surface area contributed by atoms with E-state index in [1.54, 1.807) is 12.1 Å². The highest BCUT2D eigenvalue weighted by Gasteiger charge is 2.44. The lowest BCUT2D eigenvalue weighted by molar-refractivity contribution is -0.0511. The molecule has 1 aromatic carbocycles. The molecule has 4 rings (SSSR count). The fourth-order valence-corrected chi connectivity index (χ4v) is 3.21. The number of nitrogens with zero attached hydrogens (tertiary/aromatic N) is 5. The number of hydrogen-bond donors (Lipinski definition) is 5. The zero-order valence-electron chi connectivity index (χ0n) is 14.9. The molecule has 1 aliphatic heterocycles. The smallest absolute Gasteiger partial charge is 0.247 e. The lowest BCUT2D eigenvalue weighted by Gasteiger charge is -2.16. The molecule has 2 aromatic heterocycles. The first-order valence-corrected chi connectivity index (χ1v) is 9.03. The number of benzene rings is 1. The van der Waals surface area contributed by atoms with Crippen LogP contribution in [0.25, 0.3) is 11.2 Å². The molecule has 3 heterocycles. The van der Waals surface area contributed by atoms with E-state index in [1.165, 1.54) is 17.1 Å². The number of hydrazone groups is 1. The number of aliphatic hydroxyl groups excluding tert-OH is 3. The number of fused-ring (bicyclic) bond motifs is 1. The van der Waals surface area contributed by atoms with Gasteiger partial charge in [0.15, 0.2) is 17.7 Å². The van der Waals surface area contributed by atoms with Crippen molar-refractivity contribution < 1.29 is 20.1 Å². The van der Waals surface area contributed by atoms with Crippen LogP contribution >= 0.6 is 11.6 Å². The van der Waals surface area contributed by atoms with Gasteiger partial charge in [-0.2, -0.15) is 15.1 Å². The van der Waals surface area contributed by atoms with Gasteiger partial charge in [-0.1, -0.05) is 29.8 Å². The van der Waals surface area contributed by atoms with Crippen molar-refractivity contribution in [1.82, 2.24) is 19.5 Å². The first kappa shape index (κ1) is 19.5. The molecule has 1 aliphatic rings. The van der Waals surface area contributed by atoms with Crippen molar-refractivity contribution >= 4 is 40.7 Å². The summed E-state index contributed by atoms with van der Waals surface area (Å²) in [5.41, 5.74) is 9.90. The number of aliphatic hydroxyl groups is 3. The quantitative estimate of drug-likeness (QED) is 0.285. The number of aromatic nitrogens is 4. The zero-order valence-corrected chi connectivity index (χ0v) is 15.7. The van der Waals surface area contributed by atoms with Crippen molar-refractivity contribution in [1.29, 1.82) is 0 Å². The molecular formula is C17H18ClN7O4. The summed E-state index contributed by atoms with van der Waals surface area (Å²) < 4.78 is 6.94. The molecule has 3 aromatic rings. The molecule has 4 unspecified atom stereocenters. The number of ether oxygens (including phenoxy) is 1. The number of imidazole rings is 1.